The SMILES string of the molecule is Cc1oc(CN)cc1CN1CC(C)CCC1C. The first-order valence-corrected chi connectivity index (χ1v) is 6.62. The molecule has 1 fully saturated rings. The molecule has 2 unspecified atom stereocenters. The van der Waals surface area contributed by atoms with Crippen molar-refractivity contribution in [2.75, 3.05) is 6.54 Å². The topological polar surface area (TPSA) is 42.4 Å². The predicted octanol–water partition coefficient (Wildman–Crippen LogP) is 2.67. The summed E-state index contributed by atoms with van der Waals surface area (Å²) >= 11 is 0. The highest BCUT2D eigenvalue weighted by Gasteiger charge is 2.23. The van der Waals surface area contributed by atoms with Crippen molar-refractivity contribution in [3.05, 3.63) is 23.2 Å². The Bertz CT molecular complexity index is 372. The van der Waals surface area contributed by atoms with Gasteiger partial charge < -0.3 is 10.2 Å². The predicted molar refractivity (Wildman–Crippen MR) is 69.6 cm³/mol. The Balaban J connectivity index is 2.05. The summed E-state index contributed by atoms with van der Waals surface area (Å²) in [5, 5.41) is 0. The molecule has 2 atom stereocenters. The van der Waals surface area contributed by atoms with Crippen LogP contribution in [0.3, 0.4) is 0 Å². The van der Waals surface area contributed by atoms with Crippen molar-refractivity contribution in [2.24, 2.45) is 11.7 Å². The van der Waals surface area contributed by atoms with Gasteiger partial charge in [-0.2, -0.15) is 0 Å². The Morgan fingerprint density at radius 1 is 1.41 bits per heavy atom. The van der Waals surface area contributed by atoms with Crippen LogP contribution in [-0.4, -0.2) is 17.5 Å². The van der Waals surface area contributed by atoms with E-state index in [1.54, 1.807) is 0 Å². The molecule has 1 aliphatic heterocycles. The number of aryl methyl sites for hydroxylation is 1. The van der Waals surface area contributed by atoms with Gasteiger partial charge in [0, 0.05) is 24.7 Å². The van der Waals surface area contributed by atoms with Gasteiger partial charge in [0.1, 0.15) is 11.5 Å². The summed E-state index contributed by atoms with van der Waals surface area (Å²) < 4.78 is 5.62. The maximum atomic E-state index is 5.62. The van der Waals surface area contributed by atoms with E-state index in [-0.39, 0.29) is 0 Å². The lowest BCUT2D eigenvalue weighted by Crippen LogP contribution is -2.40. The molecule has 96 valence electrons. The molecule has 1 aliphatic rings. The zero-order chi connectivity index (χ0) is 12.4. The minimum Gasteiger partial charge on any atom is -0.465 e. The van der Waals surface area contributed by atoms with E-state index in [1.807, 2.05) is 6.92 Å². The van der Waals surface area contributed by atoms with Gasteiger partial charge in [-0.05, 0) is 38.7 Å². The van der Waals surface area contributed by atoms with Crippen molar-refractivity contribution in [3.63, 3.8) is 0 Å². The van der Waals surface area contributed by atoms with E-state index in [9.17, 15) is 0 Å². The fourth-order valence-corrected chi connectivity index (χ4v) is 2.66. The van der Waals surface area contributed by atoms with Gasteiger partial charge in [0.15, 0.2) is 0 Å². The van der Waals surface area contributed by atoms with E-state index in [1.165, 1.54) is 24.9 Å². The maximum absolute atomic E-state index is 5.62. The second-order valence-corrected chi connectivity index (χ2v) is 5.46. The van der Waals surface area contributed by atoms with E-state index in [0.29, 0.717) is 12.6 Å². The summed E-state index contributed by atoms with van der Waals surface area (Å²) in [5.41, 5.74) is 6.90. The average Bonchev–Trinajstić information content (AvgIpc) is 2.65. The van der Waals surface area contributed by atoms with Crippen LogP contribution in [0.4, 0.5) is 0 Å². The third kappa shape index (κ3) is 2.90. The van der Waals surface area contributed by atoms with Crippen LogP contribution in [0.15, 0.2) is 10.5 Å². The third-order valence-corrected chi connectivity index (χ3v) is 3.89. The van der Waals surface area contributed by atoms with Crippen molar-refractivity contribution >= 4 is 0 Å². The summed E-state index contributed by atoms with van der Waals surface area (Å²) in [6.45, 7) is 9.39. The summed E-state index contributed by atoms with van der Waals surface area (Å²) in [4.78, 5) is 2.56. The summed E-state index contributed by atoms with van der Waals surface area (Å²) in [7, 11) is 0. The number of nitrogens with two attached hydrogens (primary N) is 1. The quantitative estimate of drug-likeness (QED) is 0.877. The van der Waals surface area contributed by atoms with Gasteiger partial charge in [0.2, 0.25) is 0 Å². The first-order chi connectivity index (χ1) is 8.10. The molecule has 0 saturated carbocycles. The fourth-order valence-electron chi connectivity index (χ4n) is 2.66. The van der Waals surface area contributed by atoms with Crippen LogP contribution in [0.25, 0.3) is 0 Å². The highest BCUT2D eigenvalue weighted by Crippen LogP contribution is 2.25. The van der Waals surface area contributed by atoms with E-state index in [2.05, 4.69) is 24.8 Å². The Morgan fingerprint density at radius 2 is 2.18 bits per heavy atom. The van der Waals surface area contributed by atoms with Crippen molar-refractivity contribution in [1.29, 1.82) is 0 Å². The standard InChI is InChI=1S/C14H24N2O/c1-10-4-5-11(2)16(8-10)9-13-6-14(7-15)17-12(13)3/h6,10-11H,4-5,7-9,15H2,1-3H3. The molecule has 2 N–H and O–H groups in total. The number of hydrogen-bond donors (Lipinski definition) is 1. The first-order valence-electron chi connectivity index (χ1n) is 6.62. The third-order valence-electron chi connectivity index (χ3n) is 3.89. The highest BCUT2D eigenvalue weighted by atomic mass is 16.3. The number of furan rings is 1. The molecule has 2 heterocycles. The monoisotopic (exact) mass is 236 g/mol. The van der Waals surface area contributed by atoms with Crippen LogP contribution in [0.5, 0.6) is 0 Å². The van der Waals surface area contributed by atoms with Crippen LogP contribution in [-0.2, 0) is 13.1 Å². The van der Waals surface area contributed by atoms with Crippen LogP contribution in [0.1, 0.15) is 43.8 Å². The summed E-state index contributed by atoms with van der Waals surface area (Å²) in [6, 6.07) is 2.79. The molecule has 0 amide bonds. The fraction of sp³-hybridized carbons (Fsp3) is 0.714. The van der Waals surface area contributed by atoms with Gasteiger partial charge in [-0.1, -0.05) is 6.92 Å². The second kappa shape index (κ2) is 5.23. The van der Waals surface area contributed by atoms with E-state index in [0.717, 1.165) is 24.0 Å². The van der Waals surface area contributed by atoms with Gasteiger partial charge >= 0.3 is 0 Å². The second-order valence-electron chi connectivity index (χ2n) is 5.46. The maximum Gasteiger partial charge on any atom is 0.118 e. The zero-order valence-electron chi connectivity index (χ0n) is 11.2. The van der Waals surface area contributed by atoms with Gasteiger partial charge in [-0.3, -0.25) is 4.90 Å². The van der Waals surface area contributed by atoms with Crippen molar-refractivity contribution in [1.82, 2.24) is 4.90 Å². The molecule has 0 radical (unpaired) electrons. The van der Waals surface area contributed by atoms with Crippen molar-refractivity contribution in [2.45, 2.75) is 52.7 Å². The van der Waals surface area contributed by atoms with E-state index >= 15 is 0 Å². The highest BCUT2D eigenvalue weighted by molar-refractivity contribution is 5.20. The molecular weight excluding hydrogens is 212 g/mol. The Hall–Kier alpha value is -0.800. The van der Waals surface area contributed by atoms with Crippen LogP contribution in [0.2, 0.25) is 0 Å². The molecule has 2 rings (SSSR count). The van der Waals surface area contributed by atoms with Crippen LogP contribution >= 0.6 is 0 Å². The molecule has 0 aliphatic carbocycles. The van der Waals surface area contributed by atoms with Gasteiger partial charge in [0.25, 0.3) is 0 Å². The van der Waals surface area contributed by atoms with Crippen LogP contribution < -0.4 is 5.73 Å². The molecule has 0 bridgehead atoms. The molecule has 0 spiro atoms. The van der Waals surface area contributed by atoms with Crippen LogP contribution in [0, 0.1) is 12.8 Å². The lowest BCUT2D eigenvalue weighted by molar-refractivity contribution is 0.117. The Kier molecular flexibility index (Phi) is 3.89. The van der Waals surface area contributed by atoms with Gasteiger partial charge in [-0.25, -0.2) is 0 Å². The average molecular weight is 236 g/mol. The Labute approximate surface area is 104 Å². The molecule has 17 heavy (non-hydrogen) atoms. The first kappa shape index (κ1) is 12.7. The number of hydrogen-bond acceptors (Lipinski definition) is 3. The number of piperidine rings is 1. The lowest BCUT2D eigenvalue weighted by Gasteiger charge is -2.36. The number of likely N-dealkylation sites (tertiary alicyclic amines) is 1. The molecule has 3 nitrogen and oxygen atoms in total. The minimum atomic E-state index is 0.493. The van der Waals surface area contributed by atoms with E-state index in [4.69, 9.17) is 10.2 Å². The van der Waals surface area contributed by atoms with Crippen molar-refractivity contribution in [3.8, 4) is 0 Å². The minimum absolute atomic E-state index is 0.493. The number of nitrogens with zero attached hydrogens (tertiary/aromatic N) is 1. The summed E-state index contributed by atoms with van der Waals surface area (Å²) in [5.74, 6) is 2.73. The molecule has 1 aromatic heterocycles. The Morgan fingerprint density at radius 3 is 2.82 bits per heavy atom. The number of rotatable bonds is 3. The lowest BCUT2D eigenvalue weighted by atomic mass is 9.94. The van der Waals surface area contributed by atoms with Gasteiger partial charge in [0.05, 0.1) is 6.54 Å². The zero-order valence-corrected chi connectivity index (χ0v) is 11.2. The largest absolute Gasteiger partial charge is 0.465 e. The van der Waals surface area contributed by atoms with E-state index < -0.39 is 0 Å². The van der Waals surface area contributed by atoms with Crippen molar-refractivity contribution < 1.29 is 4.42 Å². The molecule has 0 aromatic carbocycles. The van der Waals surface area contributed by atoms with Gasteiger partial charge in [-0.15, -0.1) is 0 Å². The molecule has 1 saturated heterocycles. The molecule has 3 heteroatoms. The normalized spacial score (nSPS) is 26.4. The smallest absolute Gasteiger partial charge is 0.118 e. The summed E-state index contributed by atoms with van der Waals surface area (Å²) in [6.07, 6.45) is 2.66. The molecular formula is C14H24N2O. The molecule has 1 aromatic rings.